The van der Waals surface area contributed by atoms with Crippen LogP contribution in [-0.4, -0.2) is 58.7 Å². The van der Waals surface area contributed by atoms with Gasteiger partial charge in [0.2, 0.25) is 0 Å². The summed E-state index contributed by atoms with van der Waals surface area (Å²) in [7, 11) is 1.37. The van der Waals surface area contributed by atoms with Gasteiger partial charge in [0.15, 0.2) is 11.5 Å². The summed E-state index contributed by atoms with van der Waals surface area (Å²) < 4.78 is 4.74. The molecule has 1 saturated heterocycles. The third-order valence-corrected chi connectivity index (χ3v) is 4.01. The zero-order valence-electron chi connectivity index (χ0n) is 13.4. The Hall–Kier alpha value is -2.84. The third-order valence-electron chi connectivity index (χ3n) is 4.01. The molecule has 3 heterocycles. The molecule has 0 saturated carbocycles. The van der Waals surface area contributed by atoms with Crippen molar-refractivity contribution in [1.82, 2.24) is 25.2 Å². The van der Waals surface area contributed by atoms with Crippen molar-refractivity contribution in [3.05, 3.63) is 18.5 Å². The number of methoxy groups -OCH3 is 1. The molecule has 1 fully saturated rings. The SMILES string of the molecule is COC(=O)N1CCCC(CNC(=O)Nc2cnc3[nH]ccc3n2)C1. The fourth-order valence-corrected chi connectivity index (χ4v) is 2.81. The molecule has 2 aromatic rings. The molecular formula is C15H20N6O3. The average molecular weight is 332 g/mol. The van der Waals surface area contributed by atoms with Gasteiger partial charge in [0, 0.05) is 25.8 Å². The summed E-state index contributed by atoms with van der Waals surface area (Å²) in [6, 6.07) is 1.45. The molecule has 128 valence electrons. The summed E-state index contributed by atoms with van der Waals surface area (Å²) in [6.07, 6.45) is 4.78. The second kappa shape index (κ2) is 7.16. The number of aromatic amines is 1. The van der Waals surface area contributed by atoms with E-state index in [0.29, 0.717) is 36.6 Å². The van der Waals surface area contributed by atoms with Gasteiger partial charge in [-0.2, -0.15) is 0 Å². The lowest BCUT2D eigenvalue weighted by atomic mass is 9.98. The van der Waals surface area contributed by atoms with Gasteiger partial charge in [-0.3, -0.25) is 5.32 Å². The van der Waals surface area contributed by atoms with Crippen molar-refractivity contribution >= 4 is 29.1 Å². The van der Waals surface area contributed by atoms with E-state index in [4.69, 9.17) is 4.74 Å². The number of ether oxygens (including phenoxy) is 1. The maximum absolute atomic E-state index is 12.0. The summed E-state index contributed by atoms with van der Waals surface area (Å²) >= 11 is 0. The Morgan fingerprint density at radius 1 is 1.50 bits per heavy atom. The summed E-state index contributed by atoms with van der Waals surface area (Å²) in [5, 5.41) is 5.48. The van der Waals surface area contributed by atoms with Crippen LogP contribution >= 0.6 is 0 Å². The highest BCUT2D eigenvalue weighted by atomic mass is 16.5. The Balaban J connectivity index is 1.49. The number of fused-ring (bicyclic) bond motifs is 1. The Labute approximate surface area is 138 Å². The fraction of sp³-hybridized carbons (Fsp3) is 0.467. The molecule has 0 spiro atoms. The number of carbonyl (C=O) groups is 2. The third kappa shape index (κ3) is 3.73. The smallest absolute Gasteiger partial charge is 0.409 e. The highest BCUT2D eigenvalue weighted by molar-refractivity contribution is 5.89. The molecule has 0 aromatic carbocycles. The molecule has 24 heavy (non-hydrogen) atoms. The van der Waals surface area contributed by atoms with Gasteiger partial charge in [-0.15, -0.1) is 0 Å². The van der Waals surface area contributed by atoms with Gasteiger partial charge in [0.1, 0.15) is 5.52 Å². The Morgan fingerprint density at radius 2 is 2.38 bits per heavy atom. The first-order valence-corrected chi connectivity index (χ1v) is 7.83. The molecule has 0 radical (unpaired) electrons. The number of nitrogens with one attached hydrogen (secondary N) is 3. The number of H-pyrrole nitrogens is 1. The minimum absolute atomic E-state index is 0.210. The summed E-state index contributed by atoms with van der Waals surface area (Å²) in [6.45, 7) is 1.77. The lowest BCUT2D eigenvalue weighted by Gasteiger charge is -2.31. The van der Waals surface area contributed by atoms with Gasteiger partial charge in [0.25, 0.3) is 0 Å². The number of amides is 3. The van der Waals surface area contributed by atoms with Crippen LogP contribution in [0.1, 0.15) is 12.8 Å². The van der Waals surface area contributed by atoms with E-state index >= 15 is 0 Å². The van der Waals surface area contributed by atoms with Crippen LogP contribution in [0.2, 0.25) is 0 Å². The number of carbonyl (C=O) groups excluding carboxylic acids is 2. The van der Waals surface area contributed by atoms with Crippen LogP contribution in [0.3, 0.4) is 0 Å². The number of anilines is 1. The van der Waals surface area contributed by atoms with Gasteiger partial charge in [0.05, 0.1) is 13.3 Å². The van der Waals surface area contributed by atoms with Crippen molar-refractivity contribution < 1.29 is 14.3 Å². The molecule has 0 aliphatic carbocycles. The summed E-state index contributed by atoms with van der Waals surface area (Å²) in [5.41, 5.74) is 1.36. The molecule has 1 atom stereocenters. The van der Waals surface area contributed by atoms with Gasteiger partial charge < -0.3 is 19.9 Å². The van der Waals surface area contributed by atoms with Crippen molar-refractivity contribution in [3.63, 3.8) is 0 Å². The Morgan fingerprint density at radius 3 is 3.21 bits per heavy atom. The monoisotopic (exact) mass is 332 g/mol. The van der Waals surface area contributed by atoms with Crippen molar-refractivity contribution in [3.8, 4) is 0 Å². The second-order valence-corrected chi connectivity index (χ2v) is 5.73. The predicted octanol–water partition coefficient (Wildman–Crippen LogP) is 1.56. The molecule has 3 amide bonds. The number of likely N-dealkylation sites (tertiary alicyclic amines) is 1. The van der Waals surface area contributed by atoms with Crippen molar-refractivity contribution in [2.75, 3.05) is 32.1 Å². The number of rotatable bonds is 3. The van der Waals surface area contributed by atoms with E-state index in [1.165, 1.54) is 13.3 Å². The normalized spacial score (nSPS) is 17.5. The lowest BCUT2D eigenvalue weighted by Crippen LogP contribution is -2.44. The van der Waals surface area contributed by atoms with E-state index in [9.17, 15) is 9.59 Å². The Kier molecular flexibility index (Phi) is 4.78. The molecular weight excluding hydrogens is 312 g/mol. The fourth-order valence-electron chi connectivity index (χ4n) is 2.81. The van der Waals surface area contributed by atoms with E-state index in [1.807, 2.05) is 0 Å². The number of aromatic nitrogens is 3. The van der Waals surface area contributed by atoms with Crippen LogP contribution in [0, 0.1) is 5.92 Å². The van der Waals surface area contributed by atoms with E-state index in [1.54, 1.807) is 17.2 Å². The number of urea groups is 1. The van der Waals surface area contributed by atoms with Crippen LogP contribution in [0.4, 0.5) is 15.4 Å². The molecule has 9 heteroatoms. The Bertz CT molecular complexity index is 731. The second-order valence-electron chi connectivity index (χ2n) is 5.73. The molecule has 2 aromatic heterocycles. The van der Waals surface area contributed by atoms with E-state index in [2.05, 4.69) is 25.6 Å². The number of nitrogens with zero attached hydrogens (tertiary/aromatic N) is 3. The lowest BCUT2D eigenvalue weighted by molar-refractivity contribution is 0.102. The molecule has 9 nitrogen and oxygen atoms in total. The quantitative estimate of drug-likeness (QED) is 0.789. The van der Waals surface area contributed by atoms with Gasteiger partial charge >= 0.3 is 12.1 Å². The standard InChI is InChI=1S/C15H20N6O3/c1-24-15(23)21-6-2-3-10(9-21)7-18-14(22)20-12-8-17-13-11(19-12)4-5-16-13/h4-5,8,10H,2-3,6-7,9H2,1H3,(H,16,17)(H2,18,19,20,22). The van der Waals surface area contributed by atoms with Gasteiger partial charge in [-0.05, 0) is 24.8 Å². The van der Waals surface area contributed by atoms with Gasteiger partial charge in [-0.1, -0.05) is 0 Å². The van der Waals surface area contributed by atoms with Crippen LogP contribution in [0.15, 0.2) is 18.5 Å². The van der Waals surface area contributed by atoms with Crippen LogP contribution in [0.5, 0.6) is 0 Å². The van der Waals surface area contributed by atoms with Gasteiger partial charge in [-0.25, -0.2) is 19.6 Å². The molecule has 1 unspecified atom stereocenters. The maximum atomic E-state index is 12.0. The van der Waals surface area contributed by atoms with E-state index in [0.717, 1.165) is 12.8 Å². The van der Waals surface area contributed by atoms with Crippen LogP contribution in [0.25, 0.3) is 11.2 Å². The number of hydrogen-bond acceptors (Lipinski definition) is 5. The van der Waals surface area contributed by atoms with Crippen molar-refractivity contribution in [1.29, 1.82) is 0 Å². The van der Waals surface area contributed by atoms with Crippen LogP contribution < -0.4 is 10.6 Å². The predicted molar refractivity (Wildman–Crippen MR) is 87.6 cm³/mol. The molecule has 1 aliphatic rings. The topological polar surface area (TPSA) is 112 Å². The molecule has 1 aliphatic heterocycles. The highest BCUT2D eigenvalue weighted by Gasteiger charge is 2.24. The molecule has 3 rings (SSSR count). The van der Waals surface area contributed by atoms with Crippen molar-refractivity contribution in [2.24, 2.45) is 5.92 Å². The van der Waals surface area contributed by atoms with E-state index < -0.39 is 0 Å². The minimum atomic E-state index is -0.339. The van der Waals surface area contributed by atoms with Crippen LogP contribution in [-0.2, 0) is 4.74 Å². The highest BCUT2D eigenvalue weighted by Crippen LogP contribution is 2.16. The first kappa shape index (κ1) is 16.0. The average Bonchev–Trinajstić information content (AvgIpc) is 3.07. The zero-order valence-corrected chi connectivity index (χ0v) is 13.4. The maximum Gasteiger partial charge on any atom is 0.409 e. The minimum Gasteiger partial charge on any atom is -0.453 e. The molecule has 0 bridgehead atoms. The summed E-state index contributed by atoms with van der Waals surface area (Å²) in [5.74, 6) is 0.598. The largest absolute Gasteiger partial charge is 0.453 e. The number of piperidine rings is 1. The first-order chi connectivity index (χ1) is 11.7. The zero-order chi connectivity index (χ0) is 16.9. The first-order valence-electron chi connectivity index (χ1n) is 7.83. The summed E-state index contributed by atoms with van der Waals surface area (Å²) in [4.78, 5) is 36.6. The van der Waals surface area contributed by atoms with Crippen molar-refractivity contribution in [2.45, 2.75) is 12.8 Å². The molecule has 3 N–H and O–H groups in total. The van der Waals surface area contributed by atoms with E-state index in [-0.39, 0.29) is 18.0 Å². The number of hydrogen-bond donors (Lipinski definition) is 3.